The Balaban J connectivity index is 2.16. The number of thiazole rings is 1. The predicted molar refractivity (Wildman–Crippen MR) is 74.2 cm³/mol. The molecule has 4 nitrogen and oxygen atoms in total. The van der Waals surface area contributed by atoms with Crippen LogP contribution >= 0.6 is 34.5 Å². The van der Waals surface area contributed by atoms with Crippen LogP contribution in [0.5, 0.6) is 0 Å². The first-order valence-corrected chi connectivity index (χ1v) is 6.35. The molecule has 0 unspecified atom stereocenters. The van der Waals surface area contributed by atoms with E-state index in [0.717, 1.165) is 0 Å². The number of nitrogens with one attached hydrogen (secondary N) is 1. The molecule has 0 fully saturated rings. The van der Waals surface area contributed by atoms with E-state index < -0.39 is 5.82 Å². The Hall–Kier alpha value is -1.37. The summed E-state index contributed by atoms with van der Waals surface area (Å²) in [5.74, 6) is -0.224. The average Bonchev–Trinajstić information content (AvgIpc) is 2.74. The quantitative estimate of drug-likeness (QED) is 0.517. The van der Waals surface area contributed by atoms with Gasteiger partial charge in [-0.15, -0.1) is 11.3 Å². The molecule has 94 valence electrons. The number of nitrogens with two attached hydrogens (primary N) is 1. The van der Waals surface area contributed by atoms with Crippen LogP contribution < -0.4 is 11.2 Å². The second-order valence-electron chi connectivity index (χ2n) is 3.20. The smallest absolute Gasteiger partial charge is 0.205 e. The molecule has 18 heavy (non-hydrogen) atoms. The van der Waals surface area contributed by atoms with Crippen LogP contribution in [0.25, 0.3) is 0 Å². The first kappa shape index (κ1) is 13.1. The number of nitrogen functional groups attached to an aromatic ring is 1. The molecule has 0 radical (unpaired) electrons. The van der Waals surface area contributed by atoms with Gasteiger partial charge in [0.25, 0.3) is 0 Å². The Labute approximate surface area is 116 Å². The van der Waals surface area contributed by atoms with E-state index >= 15 is 0 Å². The van der Waals surface area contributed by atoms with Crippen LogP contribution in [0.2, 0.25) is 10.0 Å². The highest BCUT2D eigenvalue weighted by Crippen LogP contribution is 2.24. The number of anilines is 2. The molecular weight excluding hydrogens is 298 g/mol. The number of rotatable bonds is 3. The molecule has 2 rings (SSSR count). The summed E-state index contributed by atoms with van der Waals surface area (Å²) in [5.41, 5.74) is 8.17. The number of hydrogen-bond donors (Lipinski definition) is 2. The molecule has 1 heterocycles. The molecule has 2 aromatic rings. The van der Waals surface area contributed by atoms with E-state index in [4.69, 9.17) is 28.9 Å². The summed E-state index contributed by atoms with van der Waals surface area (Å²) in [7, 11) is 0. The van der Waals surface area contributed by atoms with Gasteiger partial charge in [0.1, 0.15) is 5.82 Å². The molecule has 0 bridgehead atoms. The number of hydrogen-bond acceptors (Lipinski definition) is 5. The summed E-state index contributed by atoms with van der Waals surface area (Å²) in [4.78, 5) is 3.92. The molecule has 0 aliphatic heterocycles. The summed E-state index contributed by atoms with van der Waals surface area (Å²) >= 11 is 12.8. The van der Waals surface area contributed by atoms with Gasteiger partial charge in [-0.25, -0.2) is 9.37 Å². The molecule has 0 saturated heterocycles. The minimum Gasteiger partial charge on any atom is -0.383 e. The zero-order chi connectivity index (χ0) is 13.1. The first-order chi connectivity index (χ1) is 8.58. The highest BCUT2D eigenvalue weighted by molar-refractivity contribution is 7.14. The summed E-state index contributed by atoms with van der Waals surface area (Å²) in [6.45, 7) is 0. The van der Waals surface area contributed by atoms with Crippen molar-refractivity contribution < 1.29 is 4.39 Å². The Morgan fingerprint density at radius 3 is 2.78 bits per heavy atom. The van der Waals surface area contributed by atoms with E-state index in [1.54, 1.807) is 5.38 Å². The van der Waals surface area contributed by atoms with Crippen molar-refractivity contribution in [2.45, 2.75) is 0 Å². The maximum atomic E-state index is 13.6. The Morgan fingerprint density at radius 1 is 1.39 bits per heavy atom. The lowest BCUT2D eigenvalue weighted by Crippen LogP contribution is -1.95. The van der Waals surface area contributed by atoms with Crippen LogP contribution in [0, 0.1) is 5.82 Å². The lowest BCUT2D eigenvalue weighted by Gasteiger charge is -2.01. The van der Waals surface area contributed by atoms with Gasteiger partial charge in [0.2, 0.25) is 5.13 Å². The van der Waals surface area contributed by atoms with Crippen molar-refractivity contribution >= 4 is 51.7 Å². The van der Waals surface area contributed by atoms with Gasteiger partial charge < -0.3 is 5.73 Å². The predicted octanol–water partition coefficient (Wildman–Crippen LogP) is 3.62. The summed E-state index contributed by atoms with van der Waals surface area (Å²) in [6, 6.07) is 2.88. The second kappa shape index (κ2) is 5.51. The van der Waals surface area contributed by atoms with Gasteiger partial charge in [-0.3, -0.25) is 5.43 Å². The average molecular weight is 305 g/mol. The number of nitrogens with zero attached hydrogens (tertiary/aromatic N) is 2. The highest BCUT2D eigenvalue weighted by Gasteiger charge is 2.09. The molecule has 3 N–H and O–H groups in total. The Morgan fingerprint density at radius 2 is 2.11 bits per heavy atom. The first-order valence-electron chi connectivity index (χ1n) is 4.71. The fourth-order valence-electron chi connectivity index (χ4n) is 1.15. The van der Waals surface area contributed by atoms with Crippen LogP contribution in [-0.2, 0) is 0 Å². The number of aromatic nitrogens is 1. The molecular formula is C10H7Cl2FN4S. The maximum absolute atomic E-state index is 13.6. The van der Waals surface area contributed by atoms with E-state index in [1.807, 2.05) is 0 Å². The van der Waals surface area contributed by atoms with Gasteiger partial charge in [0.15, 0.2) is 5.82 Å². The van der Waals surface area contributed by atoms with Crippen molar-refractivity contribution in [3.8, 4) is 0 Å². The third-order valence-electron chi connectivity index (χ3n) is 1.96. The summed E-state index contributed by atoms with van der Waals surface area (Å²) < 4.78 is 13.6. The maximum Gasteiger partial charge on any atom is 0.205 e. The Kier molecular flexibility index (Phi) is 4.00. The van der Waals surface area contributed by atoms with Crippen molar-refractivity contribution in [2.75, 3.05) is 11.2 Å². The standard InChI is InChI=1S/C10H7Cl2FN4S/c11-6-1-2-7(12)9(13)5(6)3-15-17-10-16-8(14)4-18-10/h1-4H,14H2,(H,16,17). The van der Waals surface area contributed by atoms with Gasteiger partial charge in [-0.05, 0) is 12.1 Å². The Bertz CT molecular complexity index is 600. The fraction of sp³-hybridized carbons (Fsp3) is 0. The van der Waals surface area contributed by atoms with Gasteiger partial charge in [0.05, 0.1) is 21.8 Å². The molecule has 0 saturated carbocycles. The van der Waals surface area contributed by atoms with E-state index in [9.17, 15) is 4.39 Å². The third-order valence-corrected chi connectivity index (χ3v) is 3.34. The van der Waals surface area contributed by atoms with Crippen molar-refractivity contribution in [1.82, 2.24) is 4.98 Å². The van der Waals surface area contributed by atoms with Gasteiger partial charge >= 0.3 is 0 Å². The molecule has 0 aliphatic carbocycles. The molecule has 1 aromatic carbocycles. The van der Waals surface area contributed by atoms with Crippen molar-refractivity contribution in [2.24, 2.45) is 5.10 Å². The SMILES string of the molecule is Nc1csc(NN=Cc2c(Cl)ccc(Cl)c2F)n1. The minimum atomic E-state index is -0.617. The zero-order valence-electron chi connectivity index (χ0n) is 8.82. The third kappa shape index (κ3) is 2.90. The van der Waals surface area contributed by atoms with Crippen LogP contribution in [0.1, 0.15) is 5.56 Å². The molecule has 0 spiro atoms. The molecule has 0 aliphatic rings. The number of benzene rings is 1. The van der Waals surface area contributed by atoms with Crippen molar-refractivity contribution in [1.29, 1.82) is 0 Å². The summed E-state index contributed by atoms with van der Waals surface area (Å²) in [5, 5.41) is 6.19. The molecule has 0 atom stereocenters. The lowest BCUT2D eigenvalue weighted by molar-refractivity contribution is 0.626. The van der Waals surface area contributed by atoms with E-state index in [-0.39, 0.29) is 15.6 Å². The van der Waals surface area contributed by atoms with E-state index in [1.165, 1.54) is 29.7 Å². The molecule has 1 aromatic heterocycles. The topological polar surface area (TPSA) is 63.3 Å². The molecule has 0 amide bonds. The normalized spacial score (nSPS) is 11.1. The van der Waals surface area contributed by atoms with E-state index in [2.05, 4.69) is 15.5 Å². The van der Waals surface area contributed by atoms with E-state index in [0.29, 0.717) is 10.9 Å². The van der Waals surface area contributed by atoms with Crippen molar-refractivity contribution in [3.05, 3.63) is 38.9 Å². The van der Waals surface area contributed by atoms with Crippen LogP contribution in [0.3, 0.4) is 0 Å². The fourth-order valence-corrected chi connectivity index (χ4v) is 2.06. The number of hydrazone groups is 1. The monoisotopic (exact) mass is 304 g/mol. The van der Waals surface area contributed by atoms with Gasteiger partial charge in [0, 0.05) is 5.38 Å². The second-order valence-corrected chi connectivity index (χ2v) is 4.88. The van der Waals surface area contributed by atoms with Gasteiger partial charge in [-0.2, -0.15) is 5.10 Å². The van der Waals surface area contributed by atoms with Crippen LogP contribution in [-0.4, -0.2) is 11.2 Å². The lowest BCUT2D eigenvalue weighted by atomic mass is 10.2. The summed E-state index contributed by atoms with van der Waals surface area (Å²) in [6.07, 6.45) is 1.24. The van der Waals surface area contributed by atoms with Crippen LogP contribution in [0.15, 0.2) is 22.6 Å². The molecule has 8 heteroatoms. The van der Waals surface area contributed by atoms with Crippen molar-refractivity contribution in [3.63, 3.8) is 0 Å². The van der Waals surface area contributed by atoms with Gasteiger partial charge in [-0.1, -0.05) is 23.2 Å². The largest absolute Gasteiger partial charge is 0.383 e. The van der Waals surface area contributed by atoms with Crippen LogP contribution in [0.4, 0.5) is 15.3 Å². The number of halogens is 3. The highest BCUT2D eigenvalue weighted by atomic mass is 35.5. The minimum absolute atomic E-state index is 0.0145. The zero-order valence-corrected chi connectivity index (χ0v) is 11.2.